The second kappa shape index (κ2) is 2.38. The van der Waals surface area contributed by atoms with E-state index in [-0.39, 0.29) is 0 Å². The second-order valence-electron chi connectivity index (χ2n) is 2.47. The van der Waals surface area contributed by atoms with E-state index in [1.54, 1.807) is 0 Å². The van der Waals surface area contributed by atoms with Gasteiger partial charge in [-0.1, -0.05) is 0 Å². The SMILES string of the molecule is CCn1ccc2c[c]ncc21. The molecule has 0 aromatic carbocycles. The molecule has 2 aromatic rings. The molecule has 2 heteroatoms. The Morgan fingerprint density at radius 2 is 2.55 bits per heavy atom. The lowest BCUT2D eigenvalue weighted by Crippen LogP contribution is -1.90. The number of rotatable bonds is 1. The molecule has 0 aliphatic rings. The van der Waals surface area contributed by atoms with Gasteiger partial charge in [0.1, 0.15) is 0 Å². The number of hydrogen-bond acceptors (Lipinski definition) is 1. The van der Waals surface area contributed by atoms with Crippen LogP contribution in [-0.2, 0) is 6.54 Å². The van der Waals surface area contributed by atoms with Crippen molar-refractivity contribution >= 4 is 10.9 Å². The van der Waals surface area contributed by atoms with Gasteiger partial charge in [0.25, 0.3) is 0 Å². The quantitative estimate of drug-likeness (QED) is 0.598. The van der Waals surface area contributed by atoms with E-state index in [1.165, 1.54) is 10.9 Å². The average molecular weight is 145 g/mol. The van der Waals surface area contributed by atoms with Gasteiger partial charge >= 0.3 is 0 Å². The fraction of sp³-hybridized carbons (Fsp3) is 0.222. The van der Waals surface area contributed by atoms with Gasteiger partial charge in [0.05, 0.1) is 17.9 Å². The molecule has 0 unspecified atom stereocenters. The van der Waals surface area contributed by atoms with E-state index in [0.29, 0.717) is 0 Å². The lowest BCUT2D eigenvalue weighted by Gasteiger charge is -1.97. The van der Waals surface area contributed by atoms with Gasteiger partial charge in [-0.15, -0.1) is 0 Å². The predicted octanol–water partition coefficient (Wildman–Crippen LogP) is 1.86. The summed E-state index contributed by atoms with van der Waals surface area (Å²) in [4.78, 5) is 3.95. The van der Waals surface area contributed by atoms with Crippen LogP contribution in [0.1, 0.15) is 6.92 Å². The third kappa shape index (κ3) is 0.909. The molecule has 2 rings (SSSR count). The molecular formula is C9H9N2. The van der Waals surface area contributed by atoms with Gasteiger partial charge in [-0.2, -0.15) is 0 Å². The van der Waals surface area contributed by atoms with Crippen molar-refractivity contribution in [3.63, 3.8) is 0 Å². The van der Waals surface area contributed by atoms with Crippen LogP contribution in [0.15, 0.2) is 24.5 Å². The minimum atomic E-state index is 0.995. The molecular weight excluding hydrogens is 136 g/mol. The van der Waals surface area contributed by atoms with Crippen LogP contribution in [0.4, 0.5) is 0 Å². The summed E-state index contributed by atoms with van der Waals surface area (Å²) in [5.41, 5.74) is 1.19. The van der Waals surface area contributed by atoms with E-state index in [1.807, 2.05) is 12.3 Å². The first kappa shape index (κ1) is 6.40. The Kier molecular flexibility index (Phi) is 1.39. The van der Waals surface area contributed by atoms with Crippen LogP contribution in [-0.4, -0.2) is 9.55 Å². The van der Waals surface area contributed by atoms with Gasteiger partial charge in [-0.25, -0.2) is 0 Å². The Bertz CT molecular complexity index is 362. The van der Waals surface area contributed by atoms with Crippen LogP contribution in [0, 0.1) is 6.20 Å². The van der Waals surface area contributed by atoms with Crippen molar-refractivity contribution in [2.24, 2.45) is 0 Å². The van der Waals surface area contributed by atoms with E-state index in [2.05, 4.69) is 34.9 Å². The van der Waals surface area contributed by atoms with Crippen LogP contribution in [0.5, 0.6) is 0 Å². The summed E-state index contributed by atoms with van der Waals surface area (Å²) < 4.78 is 2.16. The maximum Gasteiger partial charge on any atom is 0.0894 e. The Hall–Kier alpha value is -1.31. The van der Waals surface area contributed by atoms with E-state index in [4.69, 9.17) is 0 Å². The summed E-state index contributed by atoms with van der Waals surface area (Å²) >= 11 is 0. The fourth-order valence-corrected chi connectivity index (χ4v) is 1.25. The minimum absolute atomic E-state index is 0.995. The summed E-state index contributed by atoms with van der Waals surface area (Å²) in [6, 6.07) is 3.98. The van der Waals surface area contributed by atoms with Crippen molar-refractivity contribution in [3.05, 3.63) is 30.7 Å². The van der Waals surface area contributed by atoms with Crippen LogP contribution in [0.3, 0.4) is 0 Å². The molecule has 0 aliphatic carbocycles. The first-order valence-electron chi connectivity index (χ1n) is 3.72. The van der Waals surface area contributed by atoms with Gasteiger partial charge in [0.15, 0.2) is 0 Å². The van der Waals surface area contributed by atoms with Crippen molar-refractivity contribution < 1.29 is 0 Å². The fourth-order valence-electron chi connectivity index (χ4n) is 1.25. The Balaban J connectivity index is 2.76. The van der Waals surface area contributed by atoms with Gasteiger partial charge < -0.3 is 4.57 Å². The summed E-state index contributed by atoms with van der Waals surface area (Å²) in [6.45, 7) is 3.12. The molecule has 11 heavy (non-hydrogen) atoms. The zero-order chi connectivity index (χ0) is 7.68. The maximum atomic E-state index is 3.95. The summed E-state index contributed by atoms with van der Waals surface area (Å²) in [7, 11) is 0. The molecule has 0 saturated carbocycles. The number of pyridine rings is 1. The van der Waals surface area contributed by atoms with Crippen LogP contribution >= 0.6 is 0 Å². The normalized spacial score (nSPS) is 10.6. The molecule has 0 atom stereocenters. The predicted molar refractivity (Wildman–Crippen MR) is 44.2 cm³/mol. The zero-order valence-electron chi connectivity index (χ0n) is 6.41. The molecule has 55 valence electrons. The first-order valence-corrected chi connectivity index (χ1v) is 3.72. The highest BCUT2D eigenvalue weighted by Crippen LogP contribution is 2.12. The molecule has 0 amide bonds. The van der Waals surface area contributed by atoms with Crippen molar-refractivity contribution in [3.8, 4) is 0 Å². The Labute approximate surface area is 65.5 Å². The molecule has 0 saturated heterocycles. The first-order chi connectivity index (χ1) is 5.42. The van der Waals surface area contributed by atoms with Crippen molar-refractivity contribution in [1.82, 2.24) is 9.55 Å². The minimum Gasteiger partial charge on any atom is -0.347 e. The maximum absolute atomic E-state index is 3.95. The van der Waals surface area contributed by atoms with Gasteiger partial charge in [-0.3, -0.25) is 4.98 Å². The van der Waals surface area contributed by atoms with E-state index in [9.17, 15) is 0 Å². The Morgan fingerprint density at radius 1 is 1.64 bits per heavy atom. The van der Waals surface area contributed by atoms with Crippen molar-refractivity contribution in [2.75, 3.05) is 0 Å². The number of aromatic nitrogens is 2. The standard InChI is InChI=1S/C9H9N2/c1-2-11-6-4-8-3-5-10-7-9(8)11/h3-4,6-7H,2H2,1H3. The highest BCUT2D eigenvalue weighted by molar-refractivity contribution is 5.78. The smallest absolute Gasteiger partial charge is 0.0894 e. The van der Waals surface area contributed by atoms with E-state index in [0.717, 1.165) is 6.54 Å². The van der Waals surface area contributed by atoms with Crippen LogP contribution in [0.2, 0.25) is 0 Å². The van der Waals surface area contributed by atoms with Crippen LogP contribution < -0.4 is 0 Å². The molecule has 0 bridgehead atoms. The third-order valence-electron chi connectivity index (χ3n) is 1.86. The Morgan fingerprint density at radius 3 is 3.36 bits per heavy atom. The molecule has 1 radical (unpaired) electrons. The second-order valence-corrected chi connectivity index (χ2v) is 2.47. The summed E-state index contributed by atoms with van der Waals surface area (Å²) in [5.74, 6) is 0. The van der Waals surface area contributed by atoms with Crippen molar-refractivity contribution in [2.45, 2.75) is 13.5 Å². The highest BCUT2D eigenvalue weighted by atomic mass is 15.0. The number of nitrogens with zero attached hydrogens (tertiary/aromatic N) is 2. The van der Waals surface area contributed by atoms with Crippen molar-refractivity contribution in [1.29, 1.82) is 0 Å². The average Bonchev–Trinajstić information content (AvgIpc) is 2.47. The largest absolute Gasteiger partial charge is 0.347 e. The van der Waals surface area contributed by atoms with Gasteiger partial charge in [-0.05, 0) is 19.1 Å². The summed E-state index contributed by atoms with van der Waals surface area (Å²) in [6.07, 6.45) is 6.73. The van der Waals surface area contributed by atoms with E-state index < -0.39 is 0 Å². The van der Waals surface area contributed by atoms with E-state index >= 15 is 0 Å². The summed E-state index contributed by atoms with van der Waals surface area (Å²) in [5, 5.41) is 1.21. The molecule has 0 N–H and O–H groups in total. The molecule has 0 aliphatic heterocycles. The lowest BCUT2D eigenvalue weighted by molar-refractivity contribution is 0.796. The number of aryl methyl sites for hydroxylation is 1. The number of fused-ring (bicyclic) bond motifs is 1. The molecule has 2 heterocycles. The number of hydrogen-bond donors (Lipinski definition) is 0. The molecule has 2 aromatic heterocycles. The molecule has 0 spiro atoms. The topological polar surface area (TPSA) is 17.8 Å². The highest BCUT2D eigenvalue weighted by Gasteiger charge is 1.96. The van der Waals surface area contributed by atoms with Gasteiger partial charge in [0, 0.05) is 18.1 Å². The zero-order valence-corrected chi connectivity index (χ0v) is 6.41. The van der Waals surface area contributed by atoms with Crippen LogP contribution in [0.25, 0.3) is 10.9 Å². The molecule has 2 nitrogen and oxygen atoms in total. The monoisotopic (exact) mass is 145 g/mol. The van der Waals surface area contributed by atoms with Gasteiger partial charge in [0.2, 0.25) is 0 Å². The molecule has 0 fully saturated rings. The third-order valence-corrected chi connectivity index (χ3v) is 1.86. The lowest BCUT2D eigenvalue weighted by atomic mass is 10.3.